The molecule has 5 heteroatoms. The van der Waals surface area contributed by atoms with Crippen molar-refractivity contribution >= 4 is 27.5 Å². The van der Waals surface area contributed by atoms with E-state index in [1.807, 2.05) is 12.1 Å². The van der Waals surface area contributed by atoms with Gasteiger partial charge in [0.2, 0.25) is 5.91 Å². The van der Waals surface area contributed by atoms with Crippen LogP contribution in [0.1, 0.15) is 19.3 Å². The van der Waals surface area contributed by atoms with Gasteiger partial charge < -0.3 is 15.2 Å². The number of carbonyl (C=O) groups excluding carboxylic acids is 1. The molecule has 1 aromatic rings. The standard InChI is InChI=1S/C12H16BrNO3/c1-17-9-5-6-10(13)11(8-9)14-12(16)4-2-3-7-15/h5-6,8,15H,2-4,7H2,1H3,(H,14,16). The number of methoxy groups -OCH3 is 1. The summed E-state index contributed by atoms with van der Waals surface area (Å²) < 4.78 is 5.90. The fraction of sp³-hybridized carbons (Fsp3) is 0.417. The zero-order chi connectivity index (χ0) is 12.7. The Balaban J connectivity index is 2.57. The molecule has 1 aromatic carbocycles. The van der Waals surface area contributed by atoms with Crippen molar-refractivity contribution < 1.29 is 14.6 Å². The molecule has 0 fully saturated rings. The molecule has 0 aliphatic heterocycles. The third-order valence-corrected chi connectivity index (χ3v) is 2.95. The second-order valence-electron chi connectivity index (χ2n) is 3.57. The summed E-state index contributed by atoms with van der Waals surface area (Å²) >= 11 is 3.36. The van der Waals surface area contributed by atoms with Crippen LogP contribution in [0, 0.1) is 0 Å². The molecule has 17 heavy (non-hydrogen) atoms. The van der Waals surface area contributed by atoms with Crippen LogP contribution in [0.15, 0.2) is 22.7 Å². The van der Waals surface area contributed by atoms with E-state index in [0.717, 1.165) is 4.47 Å². The van der Waals surface area contributed by atoms with Crippen LogP contribution in [0.3, 0.4) is 0 Å². The van der Waals surface area contributed by atoms with Crippen LogP contribution in [0.2, 0.25) is 0 Å². The number of carbonyl (C=O) groups is 1. The van der Waals surface area contributed by atoms with Crippen molar-refractivity contribution in [1.82, 2.24) is 0 Å². The van der Waals surface area contributed by atoms with Crippen LogP contribution in [0.25, 0.3) is 0 Å². The quantitative estimate of drug-likeness (QED) is 0.794. The highest BCUT2D eigenvalue weighted by molar-refractivity contribution is 9.10. The Morgan fingerprint density at radius 3 is 2.88 bits per heavy atom. The number of rotatable bonds is 6. The van der Waals surface area contributed by atoms with Gasteiger partial charge in [-0.2, -0.15) is 0 Å². The van der Waals surface area contributed by atoms with Crippen LogP contribution >= 0.6 is 15.9 Å². The van der Waals surface area contributed by atoms with Crippen LogP contribution in [0.5, 0.6) is 5.75 Å². The first kappa shape index (κ1) is 14.0. The third-order valence-electron chi connectivity index (χ3n) is 2.26. The largest absolute Gasteiger partial charge is 0.497 e. The molecule has 0 aliphatic carbocycles. The van der Waals surface area contributed by atoms with Gasteiger partial charge in [-0.25, -0.2) is 0 Å². The zero-order valence-corrected chi connectivity index (χ0v) is 11.3. The van der Waals surface area contributed by atoms with Crippen molar-refractivity contribution in [3.63, 3.8) is 0 Å². The van der Waals surface area contributed by atoms with Gasteiger partial charge in [0.05, 0.1) is 12.8 Å². The minimum absolute atomic E-state index is 0.0626. The predicted octanol–water partition coefficient (Wildman–Crippen LogP) is 2.56. The first-order valence-electron chi connectivity index (χ1n) is 5.41. The maximum atomic E-state index is 11.6. The number of aliphatic hydroxyl groups excluding tert-OH is 1. The van der Waals surface area contributed by atoms with Crippen molar-refractivity contribution in [2.24, 2.45) is 0 Å². The first-order chi connectivity index (χ1) is 8.17. The number of aliphatic hydroxyl groups is 1. The van der Waals surface area contributed by atoms with E-state index in [4.69, 9.17) is 9.84 Å². The molecule has 0 saturated carbocycles. The number of halogens is 1. The molecule has 0 spiro atoms. The van der Waals surface area contributed by atoms with Gasteiger partial charge in [0.1, 0.15) is 5.75 Å². The molecule has 4 nitrogen and oxygen atoms in total. The van der Waals surface area contributed by atoms with Gasteiger partial charge in [0, 0.05) is 23.6 Å². The van der Waals surface area contributed by atoms with Crippen LogP contribution in [0.4, 0.5) is 5.69 Å². The second-order valence-corrected chi connectivity index (χ2v) is 4.43. The lowest BCUT2D eigenvalue weighted by Crippen LogP contribution is -2.11. The van der Waals surface area contributed by atoms with E-state index in [2.05, 4.69) is 21.2 Å². The summed E-state index contributed by atoms with van der Waals surface area (Å²) in [5, 5.41) is 11.4. The summed E-state index contributed by atoms with van der Waals surface area (Å²) in [5.41, 5.74) is 0.693. The van der Waals surface area contributed by atoms with Gasteiger partial charge in [-0.3, -0.25) is 4.79 Å². The number of nitrogens with one attached hydrogen (secondary N) is 1. The summed E-state index contributed by atoms with van der Waals surface area (Å²) in [6.45, 7) is 0.121. The number of hydrogen-bond acceptors (Lipinski definition) is 3. The molecular weight excluding hydrogens is 286 g/mol. The number of benzene rings is 1. The van der Waals surface area contributed by atoms with E-state index >= 15 is 0 Å². The second kappa shape index (κ2) is 7.29. The molecule has 0 unspecified atom stereocenters. The van der Waals surface area contributed by atoms with E-state index < -0.39 is 0 Å². The van der Waals surface area contributed by atoms with Crippen LogP contribution in [-0.2, 0) is 4.79 Å². The molecule has 0 bridgehead atoms. The van der Waals surface area contributed by atoms with Gasteiger partial charge in [0.15, 0.2) is 0 Å². The molecule has 0 aromatic heterocycles. The number of ether oxygens (including phenoxy) is 1. The van der Waals surface area contributed by atoms with Gasteiger partial charge in [0.25, 0.3) is 0 Å². The lowest BCUT2D eigenvalue weighted by atomic mass is 10.2. The zero-order valence-electron chi connectivity index (χ0n) is 9.70. The molecule has 0 aliphatic rings. The molecule has 0 saturated heterocycles. The predicted molar refractivity (Wildman–Crippen MR) is 70.3 cm³/mol. The topological polar surface area (TPSA) is 58.6 Å². The minimum Gasteiger partial charge on any atom is -0.497 e. The van der Waals surface area contributed by atoms with Crippen molar-refractivity contribution in [3.8, 4) is 5.75 Å². The maximum absolute atomic E-state index is 11.6. The average Bonchev–Trinajstić information content (AvgIpc) is 2.32. The maximum Gasteiger partial charge on any atom is 0.224 e. The summed E-state index contributed by atoms with van der Waals surface area (Å²) in [4.78, 5) is 11.6. The Kier molecular flexibility index (Phi) is 6.00. The lowest BCUT2D eigenvalue weighted by molar-refractivity contribution is -0.116. The first-order valence-corrected chi connectivity index (χ1v) is 6.21. The van der Waals surface area contributed by atoms with Gasteiger partial charge in [-0.1, -0.05) is 0 Å². The van der Waals surface area contributed by atoms with E-state index in [0.29, 0.717) is 30.7 Å². The van der Waals surface area contributed by atoms with Crippen molar-refractivity contribution in [3.05, 3.63) is 22.7 Å². The Labute approximate surface area is 109 Å². The Morgan fingerprint density at radius 1 is 1.47 bits per heavy atom. The number of anilines is 1. The fourth-order valence-corrected chi connectivity index (χ4v) is 1.68. The Morgan fingerprint density at radius 2 is 2.24 bits per heavy atom. The number of amides is 1. The normalized spacial score (nSPS) is 10.1. The molecule has 0 radical (unpaired) electrons. The third kappa shape index (κ3) is 4.75. The van der Waals surface area contributed by atoms with Crippen LogP contribution < -0.4 is 10.1 Å². The van der Waals surface area contributed by atoms with Crippen molar-refractivity contribution in [1.29, 1.82) is 0 Å². The highest BCUT2D eigenvalue weighted by Gasteiger charge is 2.06. The van der Waals surface area contributed by atoms with Crippen molar-refractivity contribution in [2.45, 2.75) is 19.3 Å². The monoisotopic (exact) mass is 301 g/mol. The Hall–Kier alpha value is -1.07. The molecule has 0 atom stereocenters. The van der Waals surface area contributed by atoms with Gasteiger partial charge in [-0.05, 0) is 40.9 Å². The minimum atomic E-state index is -0.0626. The summed E-state index contributed by atoms with van der Waals surface area (Å²) in [5.74, 6) is 0.631. The van der Waals surface area contributed by atoms with Gasteiger partial charge in [-0.15, -0.1) is 0 Å². The summed E-state index contributed by atoms with van der Waals surface area (Å²) in [6, 6.07) is 5.39. The van der Waals surface area contributed by atoms with E-state index in [9.17, 15) is 4.79 Å². The van der Waals surface area contributed by atoms with Crippen LogP contribution in [-0.4, -0.2) is 24.7 Å². The number of hydrogen-bond donors (Lipinski definition) is 2. The highest BCUT2D eigenvalue weighted by Crippen LogP contribution is 2.27. The molecule has 94 valence electrons. The smallest absolute Gasteiger partial charge is 0.224 e. The average molecular weight is 302 g/mol. The van der Waals surface area contributed by atoms with E-state index in [1.165, 1.54) is 0 Å². The SMILES string of the molecule is COc1ccc(Br)c(NC(=O)CCCCO)c1. The fourth-order valence-electron chi connectivity index (χ4n) is 1.34. The summed E-state index contributed by atoms with van der Waals surface area (Å²) in [6.07, 6.45) is 1.74. The molecule has 2 N–H and O–H groups in total. The summed E-state index contributed by atoms with van der Waals surface area (Å²) in [7, 11) is 1.58. The van der Waals surface area contributed by atoms with Gasteiger partial charge >= 0.3 is 0 Å². The molecular formula is C12H16BrNO3. The van der Waals surface area contributed by atoms with E-state index in [1.54, 1.807) is 13.2 Å². The highest BCUT2D eigenvalue weighted by atomic mass is 79.9. The lowest BCUT2D eigenvalue weighted by Gasteiger charge is -2.09. The Bertz CT molecular complexity index is 382. The number of unbranched alkanes of at least 4 members (excludes halogenated alkanes) is 1. The molecule has 1 amide bonds. The van der Waals surface area contributed by atoms with E-state index in [-0.39, 0.29) is 12.5 Å². The molecule has 1 rings (SSSR count). The molecule has 0 heterocycles. The van der Waals surface area contributed by atoms with Crippen molar-refractivity contribution in [2.75, 3.05) is 19.0 Å².